The van der Waals surface area contributed by atoms with Gasteiger partial charge >= 0.3 is 5.69 Å². The third-order valence-electron chi connectivity index (χ3n) is 2.89. The fourth-order valence-electron chi connectivity index (χ4n) is 1.79. The fourth-order valence-corrected chi connectivity index (χ4v) is 2.64. The molecule has 0 unspecified atom stereocenters. The molecule has 0 aliphatic rings. The summed E-state index contributed by atoms with van der Waals surface area (Å²) < 4.78 is 1.44. The number of anilines is 1. The topological polar surface area (TPSA) is 73.0 Å². The first-order chi connectivity index (χ1) is 8.90. The molecule has 0 radical (unpaired) electrons. The first-order valence-corrected chi connectivity index (χ1v) is 6.74. The van der Waals surface area contributed by atoms with Crippen LogP contribution in [0.25, 0.3) is 0 Å². The highest BCUT2D eigenvalue weighted by molar-refractivity contribution is 7.10. The molecule has 102 valence electrons. The number of nitrogens with zero attached hydrogens (tertiary/aromatic N) is 3. The Kier molecular flexibility index (Phi) is 3.57. The summed E-state index contributed by atoms with van der Waals surface area (Å²) in [6, 6.07) is 4.07. The van der Waals surface area contributed by atoms with E-state index < -0.39 is 4.92 Å². The molecular weight excluding hydrogens is 264 g/mol. The maximum absolute atomic E-state index is 10.9. The summed E-state index contributed by atoms with van der Waals surface area (Å²) in [6.07, 6.45) is 1.40. The number of hydrogen-bond acceptors (Lipinski definition) is 5. The van der Waals surface area contributed by atoms with Crippen LogP contribution in [-0.2, 0) is 12.5 Å². The van der Waals surface area contributed by atoms with Crippen LogP contribution in [0.2, 0.25) is 0 Å². The highest BCUT2D eigenvalue weighted by Gasteiger charge is 2.25. The third-order valence-corrected chi connectivity index (χ3v) is 4.13. The van der Waals surface area contributed by atoms with Crippen LogP contribution in [0.4, 0.5) is 11.5 Å². The third kappa shape index (κ3) is 2.93. The molecule has 0 aliphatic heterocycles. The largest absolute Gasteiger partial charge is 0.362 e. The first-order valence-electron chi connectivity index (χ1n) is 5.86. The molecule has 0 saturated heterocycles. The molecule has 2 heterocycles. The van der Waals surface area contributed by atoms with Gasteiger partial charge in [-0.3, -0.25) is 14.8 Å². The zero-order valence-corrected chi connectivity index (χ0v) is 11.9. The Morgan fingerprint density at radius 3 is 2.89 bits per heavy atom. The summed E-state index contributed by atoms with van der Waals surface area (Å²) in [6.45, 7) is 4.78. The molecule has 2 aromatic rings. The van der Waals surface area contributed by atoms with Crippen LogP contribution in [0.15, 0.2) is 23.7 Å². The Morgan fingerprint density at radius 2 is 2.32 bits per heavy atom. The van der Waals surface area contributed by atoms with Crippen molar-refractivity contribution in [1.82, 2.24) is 9.78 Å². The molecular formula is C12H16N4O2S. The molecule has 0 amide bonds. The normalized spacial score (nSPS) is 11.5. The standard InChI is InChI=1S/C12H16N4O2S/c1-12(2,10-5-4-6-19-10)8-13-11-9(16(17)18)7-15(3)14-11/h4-7H,8H2,1-3H3,(H,13,14). The maximum atomic E-state index is 10.9. The van der Waals surface area contributed by atoms with Crippen molar-refractivity contribution >= 4 is 22.8 Å². The van der Waals surface area contributed by atoms with Crippen molar-refractivity contribution in [2.75, 3.05) is 11.9 Å². The number of thiophene rings is 1. The molecule has 1 N–H and O–H groups in total. The van der Waals surface area contributed by atoms with Crippen LogP contribution < -0.4 is 5.32 Å². The number of aromatic nitrogens is 2. The molecule has 0 atom stereocenters. The second kappa shape index (κ2) is 5.00. The second-order valence-corrected chi connectivity index (χ2v) is 5.96. The minimum absolute atomic E-state index is 0.00415. The molecule has 7 heteroatoms. The van der Waals surface area contributed by atoms with Crippen molar-refractivity contribution in [3.8, 4) is 0 Å². The summed E-state index contributed by atoms with van der Waals surface area (Å²) in [5.74, 6) is 0.317. The molecule has 2 aromatic heterocycles. The summed E-state index contributed by atoms with van der Waals surface area (Å²) in [5.41, 5.74) is -0.0935. The van der Waals surface area contributed by atoms with Crippen LogP contribution >= 0.6 is 11.3 Å². The fraction of sp³-hybridized carbons (Fsp3) is 0.417. The lowest BCUT2D eigenvalue weighted by atomic mass is 9.91. The molecule has 0 spiro atoms. The first kappa shape index (κ1) is 13.5. The van der Waals surface area contributed by atoms with Gasteiger partial charge in [-0.05, 0) is 11.4 Å². The van der Waals surface area contributed by atoms with Gasteiger partial charge in [-0.25, -0.2) is 0 Å². The van der Waals surface area contributed by atoms with E-state index in [1.54, 1.807) is 18.4 Å². The van der Waals surface area contributed by atoms with E-state index >= 15 is 0 Å². The van der Waals surface area contributed by atoms with Crippen LogP contribution in [0.1, 0.15) is 18.7 Å². The molecule has 0 aliphatic carbocycles. The predicted octanol–water partition coefficient (Wildman–Crippen LogP) is 2.78. The molecule has 0 fully saturated rings. The van der Waals surface area contributed by atoms with Gasteiger partial charge in [0.1, 0.15) is 6.20 Å². The van der Waals surface area contributed by atoms with Gasteiger partial charge < -0.3 is 5.32 Å². The van der Waals surface area contributed by atoms with E-state index in [1.165, 1.54) is 15.8 Å². The van der Waals surface area contributed by atoms with Crippen molar-refractivity contribution in [3.63, 3.8) is 0 Å². The van der Waals surface area contributed by atoms with Crippen LogP contribution in [0, 0.1) is 10.1 Å². The number of nitrogens with one attached hydrogen (secondary N) is 1. The lowest BCUT2D eigenvalue weighted by Crippen LogP contribution is -2.27. The quantitative estimate of drug-likeness (QED) is 0.675. The van der Waals surface area contributed by atoms with Crippen molar-refractivity contribution in [3.05, 3.63) is 38.7 Å². The highest BCUT2D eigenvalue weighted by atomic mass is 32.1. The van der Waals surface area contributed by atoms with Gasteiger partial charge in [0, 0.05) is 23.9 Å². The van der Waals surface area contributed by atoms with E-state index in [9.17, 15) is 10.1 Å². The molecule has 19 heavy (non-hydrogen) atoms. The van der Waals surface area contributed by atoms with Gasteiger partial charge in [-0.15, -0.1) is 16.4 Å². The number of rotatable bonds is 5. The average molecular weight is 280 g/mol. The minimum atomic E-state index is -0.423. The Labute approximate surface area is 115 Å². The Bertz CT molecular complexity index is 575. The van der Waals surface area contributed by atoms with E-state index in [0.717, 1.165) is 0 Å². The Balaban J connectivity index is 2.13. The van der Waals surface area contributed by atoms with Crippen LogP contribution in [-0.4, -0.2) is 21.2 Å². The van der Waals surface area contributed by atoms with Gasteiger partial charge in [0.05, 0.1) is 4.92 Å². The molecule has 0 saturated carbocycles. The van der Waals surface area contributed by atoms with E-state index in [-0.39, 0.29) is 11.1 Å². The predicted molar refractivity (Wildman–Crippen MR) is 75.7 cm³/mol. The minimum Gasteiger partial charge on any atom is -0.362 e. The molecule has 2 rings (SSSR count). The van der Waals surface area contributed by atoms with Gasteiger partial charge in [-0.1, -0.05) is 19.9 Å². The van der Waals surface area contributed by atoms with Gasteiger partial charge in [0.25, 0.3) is 0 Å². The number of aryl methyl sites for hydroxylation is 1. The highest BCUT2D eigenvalue weighted by Crippen LogP contribution is 2.29. The summed E-state index contributed by atoms with van der Waals surface area (Å²) in [7, 11) is 1.67. The van der Waals surface area contributed by atoms with Crippen LogP contribution in [0.5, 0.6) is 0 Å². The summed E-state index contributed by atoms with van der Waals surface area (Å²) in [4.78, 5) is 11.7. The zero-order chi connectivity index (χ0) is 14.0. The molecule has 6 nitrogen and oxygen atoms in total. The lowest BCUT2D eigenvalue weighted by Gasteiger charge is -2.23. The average Bonchev–Trinajstić information content (AvgIpc) is 2.95. The van der Waals surface area contributed by atoms with Gasteiger partial charge in [0.2, 0.25) is 5.82 Å². The van der Waals surface area contributed by atoms with E-state index in [1.807, 2.05) is 11.4 Å². The number of nitro groups is 1. The summed E-state index contributed by atoms with van der Waals surface area (Å²) >= 11 is 1.68. The van der Waals surface area contributed by atoms with Crippen molar-refractivity contribution in [2.24, 2.45) is 7.05 Å². The molecule has 0 bridgehead atoms. The SMILES string of the molecule is Cn1cc([N+](=O)[O-])c(NCC(C)(C)c2cccs2)n1. The van der Waals surface area contributed by atoms with E-state index in [4.69, 9.17) is 0 Å². The van der Waals surface area contributed by atoms with E-state index in [0.29, 0.717) is 12.4 Å². The zero-order valence-electron chi connectivity index (χ0n) is 11.1. The van der Waals surface area contributed by atoms with Crippen LogP contribution in [0.3, 0.4) is 0 Å². The monoisotopic (exact) mass is 280 g/mol. The van der Waals surface area contributed by atoms with Gasteiger partial charge in [-0.2, -0.15) is 0 Å². The van der Waals surface area contributed by atoms with Crippen molar-refractivity contribution < 1.29 is 4.92 Å². The van der Waals surface area contributed by atoms with Crippen molar-refractivity contribution in [1.29, 1.82) is 0 Å². The second-order valence-electron chi connectivity index (χ2n) is 5.01. The maximum Gasteiger partial charge on any atom is 0.330 e. The lowest BCUT2D eigenvalue weighted by molar-refractivity contribution is -0.384. The van der Waals surface area contributed by atoms with Gasteiger partial charge in [0.15, 0.2) is 0 Å². The molecule has 0 aromatic carbocycles. The summed E-state index contributed by atoms with van der Waals surface area (Å²) in [5, 5.41) is 20.1. The number of hydrogen-bond donors (Lipinski definition) is 1. The van der Waals surface area contributed by atoms with E-state index in [2.05, 4.69) is 30.3 Å². The Morgan fingerprint density at radius 1 is 1.58 bits per heavy atom. The Hall–Kier alpha value is -1.89. The smallest absolute Gasteiger partial charge is 0.330 e. The van der Waals surface area contributed by atoms with Crippen molar-refractivity contribution in [2.45, 2.75) is 19.3 Å².